The number of hydrogen-bond acceptors (Lipinski definition) is 3. The van der Waals surface area contributed by atoms with E-state index in [1.54, 1.807) is 0 Å². The van der Waals surface area contributed by atoms with E-state index in [1.807, 2.05) is 36.3 Å². The summed E-state index contributed by atoms with van der Waals surface area (Å²) in [6, 6.07) is 2.06. The smallest absolute Gasteiger partial charge is 0.221 e. The number of halogens is 1. The SMILES string of the molecule is Cc1cc(C)n(CCCNC(=O)CCn2ncc(I)c2C)n1. The Balaban J connectivity index is 1.66. The molecule has 0 aliphatic rings. The largest absolute Gasteiger partial charge is 0.356 e. The van der Waals surface area contributed by atoms with Gasteiger partial charge in [-0.25, -0.2) is 0 Å². The van der Waals surface area contributed by atoms with Crippen LogP contribution in [0.15, 0.2) is 12.3 Å². The Labute approximate surface area is 144 Å². The molecule has 0 saturated carbocycles. The summed E-state index contributed by atoms with van der Waals surface area (Å²) in [7, 11) is 0. The number of nitrogens with one attached hydrogen (secondary N) is 1. The van der Waals surface area contributed by atoms with Crippen LogP contribution in [0.5, 0.6) is 0 Å². The van der Waals surface area contributed by atoms with Crippen LogP contribution in [-0.2, 0) is 17.9 Å². The van der Waals surface area contributed by atoms with Gasteiger partial charge in [0.05, 0.1) is 15.5 Å². The number of nitrogens with zero attached hydrogens (tertiary/aromatic N) is 4. The highest BCUT2D eigenvalue weighted by Gasteiger charge is 2.06. The Morgan fingerprint density at radius 1 is 1.27 bits per heavy atom. The van der Waals surface area contributed by atoms with Crippen molar-refractivity contribution in [2.45, 2.75) is 46.7 Å². The van der Waals surface area contributed by atoms with Crippen molar-refractivity contribution in [1.29, 1.82) is 0 Å². The third kappa shape index (κ3) is 4.56. The van der Waals surface area contributed by atoms with Gasteiger partial charge in [-0.3, -0.25) is 14.2 Å². The number of carbonyl (C=O) groups excluding carboxylic acids is 1. The van der Waals surface area contributed by atoms with Gasteiger partial charge < -0.3 is 5.32 Å². The average Bonchev–Trinajstić information content (AvgIpc) is 2.96. The molecule has 2 heterocycles. The summed E-state index contributed by atoms with van der Waals surface area (Å²) in [4.78, 5) is 11.8. The fourth-order valence-electron chi connectivity index (χ4n) is 2.30. The standard InChI is InChI=1S/C15H22IN5O/c1-11-9-12(2)20(19-11)7-4-6-17-15(22)5-8-21-13(3)14(16)10-18-21/h9-10H,4-8H2,1-3H3,(H,17,22). The van der Waals surface area contributed by atoms with Gasteiger partial charge in [0.25, 0.3) is 0 Å². The molecule has 2 aromatic heterocycles. The van der Waals surface area contributed by atoms with Gasteiger partial charge in [-0.1, -0.05) is 0 Å². The molecule has 0 fully saturated rings. The van der Waals surface area contributed by atoms with Crippen LogP contribution in [0.1, 0.15) is 29.9 Å². The second kappa shape index (κ2) is 7.75. The molecule has 0 unspecified atom stereocenters. The molecule has 0 bridgehead atoms. The molecule has 0 aliphatic heterocycles. The van der Waals surface area contributed by atoms with Crippen LogP contribution >= 0.6 is 22.6 Å². The highest BCUT2D eigenvalue weighted by molar-refractivity contribution is 14.1. The summed E-state index contributed by atoms with van der Waals surface area (Å²) in [5.41, 5.74) is 3.30. The topological polar surface area (TPSA) is 64.7 Å². The summed E-state index contributed by atoms with van der Waals surface area (Å²) >= 11 is 2.25. The lowest BCUT2D eigenvalue weighted by Crippen LogP contribution is -2.26. The van der Waals surface area contributed by atoms with Gasteiger partial charge in [0.1, 0.15) is 0 Å². The second-order valence-electron chi connectivity index (χ2n) is 5.40. The van der Waals surface area contributed by atoms with Crippen LogP contribution in [-0.4, -0.2) is 32.0 Å². The lowest BCUT2D eigenvalue weighted by atomic mass is 10.3. The Hall–Kier alpha value is -1.38. The lowest BCUT2D eigenvalue weighted by Gasteiger charge is -2.07. The van der Waals surface area contributed by atoms with Gasteiger partial charge in [0.2, 0.25) is 5.91 Å². The highest BCUT2D eigenvalue weighted by Crippen LogP contribution is 2.09. The molecule has 1 N–H and O–H groups in total. The second-order valence-corrected chi connectivity index (χ2v) is 6.57. The molecular weight excluding hydrogens is 393 g/mol. The molecule has 0 aromatic carbocycles. The van der Waals surface area contributed by atoms with Crippen LogP contribution in [0.3, 0.4) is 0 Å². The molecule has 2 aromatic rings. The third-order valence-electron chi connectivity index (χ3n) is 3.57. The molecule has 6 nitrogen and oxygen atoms in total. The minimum absolute atomic E-state index is 0.0678. The van der Waals surface area contributed by atoms with Crippen molar-refractivity contribution in [3.63, 3.8) is 0 Å². The normalized spacial score (nSPS) is 10.9. The zero-order valence-corrected chi connectivity index (χ0v) is 15.4. The molecule has 0 spiro atoms. The Bertz CT molecular complexity index is 646. The minimum Gasteiger partial charge on any atom is -0.356 e. The number of rotatable bonds is 7. The van der Waals surface area contributed by atoms with Gasteiger partial charge in [0.15, 0.2) is 0 Å². The van der Waals surface area contributed by atoms with E-state index in [0.29, 0.717) is 19.5 Å². The van der Waals surface area contributed by atoms with Crippen molar-refractivity contribution < 1.29 is 4.79 Å². The molecule has 1 amide bonds. The first-order valence-corrected chi connectivity index (χ1v) is 8.51. The van der Waals surface area contributed by atoms with Crippen molar-refractivity contribution in [2.75, 3.05) is 6.54 Å². The zero-order chi connectivity index (χ0) is 16.1. The van der Waals surface area contributed by atoms with Crippen LogP contribution in [0.4, 0.5) is 0 Å². The maximum Gasteiger partial charge on any atom is 0.221 e. The molecule has 0 radical (unpaired) electrons. The van der Waals surface area contributed by atoms with Gasteiger partial charge in [-0.05, 0) is 55.8 Å². The Kier molecular flexibility index (Phi) is 5.98. The van der Waals surface area contributed by atoms with E-state index < -0.39 is 0 Å². The van der Waals surface area contributed by atoms with Crippen LogP contribution in [0.2, 0.25) is 0 Å². The number of amides is 1. The molecule has 0 aliphatic carbocycles. The van der Waals surface area contributed by atoms with E-state index in [0.717, 1.165) is 33.6 Å². The van der Waals surface area contributed by atoms with Crippen molar-refractivity contribution in [1.82, 2.24) is 24.9 Å². The van der Waals surface area contributed by atoms with Gasteiger partial charge in [-0.15, -0.1) is 0 Å². The van der Waals surface area contributed by atoms with Crippen LogP contribution in [0.25, 0.3) is 0 Å². The first-order chi connectivity index (χ1) is 10.5. The quantitative estimate of drug-likeness (QED) is 0.557. The summed E-state index contributed by atoms with van der Waals surface area (Å²) < 4.78 is 4.98. The minimum atomic E-state index is 0.0678. The van der Waals surface area contributed by atoms with E-state index in [-0.39, 0.29) is 5.91 Å². The van der Waals surface area contributed by atoms with Crippen LogP contribution in [0, 0.1) is 24.3 Å². The Morgan fingerprint density at radius 3 is 2.64 bits per heavy atom. The summed E-state index contributed by atoms with van der Waals surface area (Å²) in [5, 5.41) is 11.6. The highest BCUT2D eigenvalue weighted by atomic mass is 127. The summed E-state index contributed by atoms with van der Waals surface area (Å²) in [5.74, 6) is 0.0678. The third-order valence-corrected chi connectivity index (χ3v) is 4.63. The monoisotopic (exact) mass is 415 g/mol. The lowest BCUT2D eigenvalue weighted by molar-refractivity contribution is -0.121. The van der Waals surface area contributed by atoms with Crippen molar-refractivity contribution >= 4 is 28.5 Å². The molecule has 2 rings (SSSR count). The number of aromatic nitrogens is 4. The molecular formula is C15H22IN5O. The first kappa shape index (κ1) is 17.0. The molecule has 0 saturated heterocycles. The predicted octanol–water partition coefficient (Wildman–Crippen LogP) is 2.21. The summed E-state index contributed by atoms with van der Waals surface area (Å²) in [6.07, 6.45) is 3.16. The number of hydrogen-bond donors (Lipinski definition) is 1. The fraction of sp³-hybridized carbons (Fsp3) is 0.533. The van der Waals surface area contributed by atoms with Crippen molar-refractivity contribution in [3.05, 3.63) is 32.9 Å². The van der Waals surface area contributed by atoms with Gasteiger partial charge in [-0.2, -0.15) is 10.2 Å². The van der Waals surface area contributed by atoms with E-state index in [2.05, 4.69) is 44.2 Å². The molecule has 22 heavy (non-hydrogen) atoms. The predicted molar refractivity (Wildman–Crippen MR) is 93.6 cm³/mol. The maximum atomic E-state index is 11.8. The molecule has 7 heteroatoms. The molecule has 120 valence electrons. The van der Waals surface area contributed by atoms with E-state index in [1.165, 1.54) is 0 Å². The van der Waals surface area contributed by atoms with E-state index in [9.17, 15) is 4.79 Å². The molecule has 0 atom stereocenters. The van der Waals surface area contributed by atoms with E-state index >= 15 is 0 Å². The summed E-state index contributed by atoms with van der Waals surface area (Å²) in [6.45, 7) is 8.18. The first-order valence-electron chi connectivity index (χ1n) is 7.43. The van der Waals surface area contributed by atoms with Crippen molar-refractivity contribution in [3.8, 4) is 0 Å². The van der Waals surface area contributed by atoms with Gasteiger partial charge >= 0.3 is 0 Å². The number of carbonyl (C=O) groups is 1. The Morgan fingerprint density at radius 2 is 2.05 bits per heavy atom. The van der Waals surface area contributed by atoms with E-state index in [4.69, 9.17) is 0 Å². The average molecular weight is 415 g/mol. The fourth-order valence-corrected chi connectivity index (χ4v) is 2.71. The maximum absolute atomic E-state index is 11.8. The zero-order valence-electron chi connectivity index (χ0n) is 13.3. The number of aryl methyl sites for hydroxylation is 4. The van der Waals surface area contributed by atoms with Crippen molar-refractivity contribution in [2.24, 2.45) is 0 Å². The van der Waals surface area contributed by atoms with Crippen LogP contribution < -0.4 is 5.32 Å². The van der Waals surface area contributed by atoms with Gasteiger partial charge in [0, 0.05) is 37.4 Å².